The monoisotopic (exact) mass is 313 g/mol. The van der Waals surface area contributed by atoms with E-state index >= 15 is 0 Å². The van der Waals surface area contributed by atoms with Gasteiger partial charge >= 0.3 is 5.97 Å². The van der Waals surface area contributed by atoms with Crippen molar-refractivity contribution in [1.82, 2.24) is 0 Å². The van der Waals surface area contributed by atoms with Crippen molar-refractivity contribution in [2.45, 2.75) is 13.8 Å². The van der Waals surface area contributed by atoms with E-state index in [9.17, 15) is 4.79 Å². The molecule has 1 heterocycles. The quantitative estimate of drug-likeness (QED) is 0.474. The van der Waals surface area contributed by atoms with Crippen LogP contribution in [-0.4, -0.2) is 26.1 Å². The number of esters is 1. The maximum absolute atomic E-state index is 12.0. The molecule has 0 saturated heterocycles. The molecule has 0 spiro atoms. The first-order chi connectivity index (χ1) is 11.1. The fourth-order valence-corrected chi connectivity index (χ4v) is 2.09. The molecule has 1 aliphatic rings. The molecule has 2 rings (SSSR count). The normalized spacial score (nSPS) is 16.7. The molecule has 120 valence electrons. The van der Waals surface area contributed by atoms with Gasteiger partial charge in [-0.3, -0.25) is 0 Å². The molecule has 0 radical (unpaired) electrons. The number of hydrogen-bond donors (Lipinski definition) is 0. The van der Waals surface area contributed by atoms with E-state index in [2.05, 4.69) is 4.99 Å². The number of carbonyl (C=O) groups is 1. The lowest BCUT2D eigenvalue weighted by atomic mass is 10.0. The predicted octanol–water partition coefficient (Wildman–Crippen LogP) is 3.52. The van der Waals surface area contributed by atoms with Crippen LogP contribution < -0.4 is 9.47 Å². The lowest BCUT2D eigenvalue weighted by Gasteiger charge is -2.10. The van der Waals surface area contributed by atoms with Gasteiger partial charge < -0.3 is 14.2 Å². The lowest BCUT2D eigenvalue weighted by Crippen LogP contribution is -2.02. The Kier molecular flexibility index (Phi) is 5.36. The Hall–Kier alpha value is -2.82. The highest BCUT2D eigenvalue weighted by molar-refractivity contribution is 6.12. The van der Waals surface area contributed by atoms with Crippen LogP contribution in [0.5, 0.6) is 11.5 Å². The standard InChI is InChI=1S/C18H19NO4/c1-5-6-7-8-16-19-17(18(20)23-16)12(2)13-9-10-14(21-3)15(11-13)22-4/h5-11H,1-4H3/b6-5+,8-7+,17-12-. The Morgan fingerprint density at radius 1 is 1.17 bits per heavy atom. The van der Waals surface area contributed by atoms with Crippen LogP contribution in [0.2, 0.25) is 0 Å². The highest BCUT2D eigenvalue weighted by atomic mass is 16.6. The second kappa shape index (κ2) is 7.45. The second-order valence-electron chi connectivity index (χ2n) is 4.77. The Bertz CT molecular complexity index is 727. The van der Waals surface area contributed by atoms with Gasteiger partial charge in [-0.15, -0.1) is 0 Å². The van der Waals surface area contributed by atoms with Gasteiger partial charge in [-0.1, -0.05) is 24.3 Å². The van der Waals surface area contributed by atoms with Gasteiger partial charge in [0.25, 0.3) is 0 Å². The third-order valence-corrected chi connectivity index (χ3v) is 3.33. The van der Waals surface area contributed by atoms with E-state index in [0.717, 1.165) is 5.56 Å². The zero-order valence-electron chi connectivity index (χ0n) is 13.6. The van der Waals surface area contributed by atoms with Gasteiger partial charge in [-0.05, 0) is 37.1 Å². The smallest absolute Gasteiger partial charge is 0.364 e. The number of ether oxygens (including phenoxy) is 3. The molecule has 0 fully saturated rings. The van der Waals surface area contributed by atoms with Gasteiger partial charge in [0.2, 0.25) is 5.90 Å². The van der Waals surface area contributed by atoms with E-state index in [1.54, 1.807) is 38.5 Å². The van der Waals surface area contributed by atoms with Crippen LogP contribution in [0.4, 0.5) is 0 Å². The maximum Gasteiger partial charge on any atom is 0.364 e. The van der Waals surface area contributed by atoms with Crippen LogP contribution in [0.25, 0.3) is 5.57 Å². The van der Waals surface area contributed by atoms with Crippen molar-refractivity contribution in [3.8, 4) is 11.5 Å². The molecule has 0 unspecified atom stereocenters. The summed E-state index contributed by atoms with van der Waals surface area (Å²) in [5, 5.41) is 0. The predicted molar refractivity (Wildman–Crippen MR) is 89.6 cm³/mol. The third kappa shape index (κ3) is 3.69. The van der Waals surface area contributed by atoms with Gasteiger partial charge in [-0.25, -0.2) is 9.79 Å². The number of cyclic esters (lactones) is 1. The molecular formula is C18H19NO4. The van der Waals surface area contributed by atoms with Crippen molar-refractivity contribution in [3.63, 3.8) is 0 Å². The Morgan fingerprint density at radius 3 is 2.57 bits per heavy atom. The molecule has 0 amide bonds. The zero-order chi connectivity index (χ0) is 16.8. The first kappa shape index (κ1) is 16.5. The summed E-state index contributed by atoms with van der Waals surface area (Å²) in [6.45, 7) is 3.72. The summed E-state index contributed by atoms with van der Waals surface area (Å²) in [7, 11) is 3.14. The molecule has 23 heavy (non-hydrogen) atoms. The number of benzene rings is 1. The maximum atomic E-state index is 12.0. The summed E-state index contributed by atoms with van der Waals surface area (Å²) < 4.78 is 15.6. The minimum absolute atomic E-state index is 0.280. The zero-order valence-corrected chi connectivity index (χ0v) is 13.6. The first-order valence-corrected chi connectivity index (χ1v) is 7.14. The third-order valence-electron chi connectivity index (χ3n) is 3.33. The number of hydrogen-bond acceptors (Lipinski definition) is 5. The second-order valence-corrected chi connectivity index (χ2v) is 4.77. The molecule has 5 heteroatoms. The van der Waals surface area contributed by atoms with Crippen LogP contribution in [0.1, 0.15) is 19.4 Å². The highest BCUT2D eigenvalue weighted by Gasteiger charge is 2.24. The van der Waals surface area contributed by atoms with E-state index in [4.69, 9.17) is 14.2 Å². The molecule has 1 aromatic rings. The van der Waals surface area contributed by atoms with Crippen molar-refractivity contribution in [1.29, 1.82) is 0 Å². The largest absolute Gasteiger partial charge is 0.493 e. The van der Waals surface area contributed by atoms with Crippen LogP contribution in [0.15, 0.2) is 53.2 Å². The number of carbonyl (C=O) groups excluding carboxylic acids is 1. The van der Waals surface area contributed by atoms with Crippen molar-refractivity contribution in [2.75, 3.05) is 14.2 Å². The van der Waals surface area contributed by atoms with Gasteiger partial charge in [0.1, 0.15) is 0 Å². The summed E-state index contributed by atoms with van der Waals surface area (Å²) in [6.07, 6.45) is 7.12. The number of allylic oxidation sites excluding steroid dienone is 4. The van der Waals surface area contributed by atoms with Crippen LogP contribution >= 0.6 is 0 Å². The van der Waals surface area contributed by atoms with E-state index < -0.39 is 5.97 Å². The van der Waals surface area contributed by atoms with Crippen LogP contribution in [-0.2, 0) is 9.53 Å². The summed E-state index contributed by atoms with van der Waals surface area (Å²) in [5.41, 5.74) is 1.82. The van der Waals surface area contributed by atoms with E-state index in [-0.39, 0.29) is 11.6 Å². The summed E-state index contributed by atoms with van der Waals surface area (Å²) in [4.78, 5) is 16.3. The first-order valence-electron chi connectivity index (χ1n) is 7.14. The summed E-state index contributed by atoms with van der Waals surface area (Å²) >= 11 is 0. The molecular weight excluding hydrogens is 294 g/mol. The fourth-order valence-electron chi connectivity index (χ4n) is 2.09. The van der Waals surface area contributed by atoms with Gasteiger partial charge in [-0.2, -0.15) is 0 Å². The summed E-state index contributed by atoms with van der Waals surface area (Å²) in [5.74, 6) is 1.04. The van der Waals surface area contributed by atoms with Crippen molar-refractivity contribution in [3.05, 3.63) is 53.8 Å². The lowest BCUT2D eigenvalue weighted by molar-refractivity contribution is -0.129. The van der Waals surface area contributed by atoms with Gasteiger partial charge in [0, 0.05) is 6.08 Å². The number of rotatable bonds is 5. The SMILES string of the molecule is C/C=C/C=C/C1=NC(=C(/C)c2ccc(OC)c(OC)c2)/C(=O)O1. The van der Waals surface area contributed by atoms with Gasteiger partial charge in [0.15, 0.2) is 17.2 Å². The highest BCUT2D eigenvalue weighted by Crippen LogP contribution is 2.32. The van der Waals surface area contributed by atoms with Crippen LogP contribution in [0.3, 0.4) is 0 Å². The van der Waals surface area contributed by atoms with Gasteiger partial charge in [0.05, 0.1) is 14.2 Å². The van der Waals surface area contributed by atoms with Crippen molar-refractivity contribution >= 4 is 17.4 Å². The fraction of sp³-hybridized carbons (Fsp3) is 0.222. The average molecular weight is 313 g/mol. The molecule has 5 nitrogen and oxygen atoms in total. The Balaban J connectivity index is 2.39. The molecule has 0 atom stereocenters. The summed E-state index contributed by atoms with van der Waals surface area (Å²) in [6, 6.07) is 5.44. The Labute approximate surface area is 135 Å². The van der Waals surface area contributed by atoms with E-state index in [1.165, 1.54) is 0 Å². The van der Waals surface area contributed by atoms with Crippen LogP contribution in [0, 0.1) is 0 Å². The molecule has 1 aliphatic heterocycles. The van der Waals surface area contributed by atoms with Crippen molar-refractivity contribution < 1.29 is 19.0 Å². The minimum atomic E-state index is -0.461. The average Bonchev–Trinajstić information content (AvgIpc) is 2.94. The molecule has 0 aromatic heterocycles. The number of nitrogens with zero attached hydrogens (tertiary/aromatic N) is 1. The van der Waals surface area contributed by atoms with Crippen molar-refractivity contribution in [2.24, 2.45) is 4.99 Å². The molecule has 0 bridgehead atoms. The molecule has 0 N–H and O–H groups in total. The van der Waals surface area contributed by atoms with E-state index in [1.807, 2.05) is 32.1 Å². The minimum Gasteiger partial charge on any atom is -0.493 e. The van der Waals surface area contributed by atoms with E-state index in [0.29, 0.717) is 17.1 Å². The topological polar surface area (TPSA) is 57.1 Å². The Morgan fingerprint density at radius 2 is 1.91 bits per heavy atom. The number of methoxy groups -OCH3 is 2. The molecule has 0 aliphatic carbocycles. The number of aliphatic imine (C=N–C) groups is 1. The molecule has 1 aromatic carbocycles. The molecule has 0 saturated carbocycles.